The van der Waals surface area contributed by atoms with E-state index < -0.39 is 10.8 Å². The molecule has 0 spiro atoms. The van der Waals surface area contributed by atoms with E-state index in [1.165, 1.54) is 22.0 Å². The summed E-state index contributed by atoms with van der Waals surface area (Å²) in [5, 5.41) is 3.79. The van der Waals surface area contributed by atoms with Gasteiger partial charge in [0.25, 0.3) is 0 Å². The molecule has 1 aromatic rings. The first kappa shape index (κ1) is 14.2. The summed E-state index contributed by atoms with van der Waals surface area (Å²) >= 11 is 3.52. The van der Waals surface area contributed by atoms with Gasteiger partial charge in [0.1, 0.15) is 0 Å². The summed E-state index contributed by atoms with van der Waals surface area (Å²) in [6.07, 6.45) is 5.17. The minimum Gasteiger partial charge on any atom is -0.312 e. The molecule has 1 aromatic carbocycles. The van der Waals surface area contributed by atoms with Crippen LogP contribution in [0.1, 0.15) is 24.5 Å². The van der Waals surface area contributed by atoms with E-state index in [-0.39, 0.29) is 5.25 Å². The summed E-state index contributed by atoms with van der Waals surface area (Å²) in [5.74, 6) is 0. The average Bonchev–Trinajstić information content (AvgIpc) is 2.35. The zero-order chi connectivity index (χ0) is 13.1. The minimum atomic E-state index is -0.732. The highest BCUT2D eigenvalue weighted by Gasteiger charge is 2.19. The Morgan fingerprint density at radius 1 is 1.50 bits per heavy atom. The molecular weight excluding hydrogens is 310 g/mol. The molecule has 100 valence electrons. The minimum absolute atomic E-state index is 0.233. The second kappa shape index (κ2) is 6.31. The molecule has 2 rings (SSSR count). The van der Waals surface area contributed by atoms with Crippen molar-refractivity contribution in [2.24, 2.45) is 0 Å². The van der Waals surface area contributed by atoms with E-state index in [2.05, 4.69) is 39.4 Å². The number of nitrogens with one attached hydrogen (secondary N) is 1. The van der Waals surface area contributed by atoms with Gasteiger partial charge < -0.3 is 5.32 Å². The molecule has 0 amide bonds. The maximum Gasteiger partial charge on any atom is 0.0441 e. The molecule has 3 unspecified atom stereocenters. The predicted octanol–water partition coefficient (Wildman–Crippen LogP) is 2.66. The number of hydrogen-bond acceptors (Lipinski definition) is 2. The molecule has 0 aromatic heterocycles. The fourth-order valence-electron chi connectivity index (χ4n) is 2.35. The van der Waals surface area contributed by atoms with Crippen molar-refractivity contribution in [1.29, 1.82) is 0 Å². The molecule has 1 aliphatic carbocycles. The molecule has 0 bridgehead atoms. The van der Waals surface area contributed by atoms with Gasteiger partial charge in [-0.05, 0) is 49.4 Å². The van der Waals surface area contributed by atoms with Gasteiger partial charge in [0.15, 0.2) is 0 Å². The number of rotatable bonds is 4. The van der Waals surface area contributed by atoms with Gasteiger partial charge in [-0.25, -0.2) is 0 Å². The Kier molecular flexibility index (Phi) is 4.98. The molecule has 2 nitrogen and oxygen atoms in total. The molecule has 0 saturated heterocycles. The monoisotopic (exact) mass is 329 g/mol. The smallest absolute Gasteiger partial charge is 0.0441 e. The first-order valence-electron chi connectivity index (χ1n) is 6.39. The van der Waals surface area contributed by atoms with Crippen LogP contribution in [0.15, 0.2) is 22.7 Å². The van der Waals surface area contributed by atoms with E-state index in [0.29, 0.717) is 6.04 Å². The summed E-state index contributed by atoms with van der Waals surface area (Å²) < 4.78 is 12.5. The second-order valence-corrected chi connectivity index (χ2v) is 7.79. The van der Waals surface area contributed by atoms with Crippen LogP contribution in [0.3, 0.4) is 0 Å². The van der Waals surface area contributed by atoms with Gasteiger partial charge in [0, 0.05) is 39.4 Å². The lowest BCUT2D eigenvalue weighted by Gasteiger charge is -2.26. The summed E-state index contributed by atoms with van der Waals surface area (Å²) in [4.78, 5) is 0. The van der Waals surface area contributed by atoms with E-state index in [9.17, 15) is 4.21 Å². The topological polar surface area (TPSA) is 29.1 Å². The first-order valence-corrected chi connectivity index (χ1v) is 8.80. The van der Waals surface area contributed by atoms with Crippen LogP contribution in [-0.4, -0.2) is 28.3 Å². The maximum absolute atomic E-state index is 11.3. The highest BCUT2D eigenvalue weighted by molar-refractivity contribution is 9.10. The van der Waals surface area contributed by atoms with Gasteiger partial charge in [-0.15, -0.1) is 0 Å². The zero-order valence-corrected chi connectivity index (χ0v) is 13.3. The Bertz CT molecular complexity index is 449. The van der Waals surface area contributed by atoms with E-state index >= 15 is 0 Å². The third-order valence-electron chi connectivity index (χ3n) is 3.66. The lowest BCUT2D eigenvalue weighted by molar-refractivity contribution is 0.460. The highest BCUT2D eigenvalue weighted by atomic mass is 79.9. The van der Waals surface area contributed by atoms with Crippen LogP contribution < -0.4 is 5.32 Å². The van der Waals surface area contributed by atoms with Crippen molar-refractivity contribution in [2.45, 2.75) is 37.5 Å². The third-order valence-corrected chi connectivity index (χ3v) is 5.45. The number of fused-ring (bicyclic) bond motifs is 1. The molecule has 3 atom stereocenters. The van der Waals surface area contributed by atoms with Crippen molar-refractivity contribution in [3.8, 4) is 0 Å². The largest absolute Gasteiger partial charge is 0.312 e. The highest BCUT2D eigenvalue weighted by Crippen LogP contribution is 2.24. The Labute approximate surface area is 120 Å². The van der Waals surface area contributed by atoms with Crippen LogP contribution in [0.4, 0.5) is 0 Å². The summed E-state index contributed by atoms with van der Waals surface area (Å²) in [6, 6.07) is 7.10. The number of hydrogen-bond donors (Lipinski definition) is 1. The van der Waals surface area contributed by atoms with Crippen LogP contribution in [0.2, 0.25) is 0 Å². The molecule has 0 saturated carbocycles. The lowest BCUT2D eigenvalue weighted by Crippen LogP contribution is -2.39. The standard InChI is InChI=1S/C14H20BrNOS/c1-10(18(2)17)9-16-14-6-4-11-7-13(15)5-3-12(11)8-14/h3,5,7,10,14,16H,4,6,8-9H2,1-2H3. The summed E-state index contributed by atoms with van der Waals surface area (Å²) in [5.41, 5.74) is 2.92. The van der Waals surface area contributed by atoms with Gasteiger partial charge in [-0.3, -0.25) is 4.21 Å². The van der Waals surface area contributed by atoms with Crippen LogP contribution in [0, 0.1) is 0 Å². The Morgan fingerprint density at radius 3 is 3.00 bits per heavy atom. The molecule has 0 aliphatic heterocycles. The predicted molar refractivity (Wildman–Crippen MR) is 81.5 cm³/mol. The van der Waals surface area contributed by atoms with Crippen molar-refractivity contribution in [3.63, 3.8) is 0 Å². The van der Waals surface area contributed by atoms with Crippen molar-refractivity contribution < 1.29 is 4.21 Å². The normalized spacial score (nSPS) is 22.3. The fourth-order valence-corrected chi connectivity index (χ4v) is 3.09. The summed E-state index contributed by atoms with van der Waals surface area (Å²) in [6.45, 7) is 2.89. The molecule has 0 fully saturated rings. The van der Waals surface area contributed by atoms with E-state index in [1.54, 1.807) is 6.26 Å². The van der Waals surface area contributed by atoms with Crippen LogP contribution >= 0.6 is 15.9 Å². The molecule has 18 heavy (non-hydrogen) atoms. The Hall–Kier alpha value is -0.190. The van der Waals surface area contributed by atoms with Gasteiger partial charge in [0.2, 0.25) is 0 Å². The lowest BCUT2D eigenvalue weighted by atomic mass is 9.88. The van der Waals surface area contributed by atoms with E-state index in [1.807, 2.05) is 6.92 Å². The van der Waals surface area contributed by atoms with Gasteiger partial charge in [-0.1, -0.05) is 22.0 Å². The molecule has 1 aliphatic rings. The number of halogens is 1. The average molecular weight is 330 g/mol. The van der Waals surface area contributed by atoms with Gasteiger partial charge in [0.05, 0.1) is 0 Å². The third kappa shape index (κ3) is 3.65. The van der Waals surface area contributed by atoms with Crippen LogP contribution in [0.5, 0.6) is 0 Å². The molecule has 1 N–H and O–H groups in total. The molecule has 0 heterocycles. The van der Waals surface area contributed by atoms with Crippen molar-refractivity contribution in [2.75, 3.05) is 12.8 Å². The Balaban J connectivity index is 1.92. The summed E-state index contributed by atoms with van der Waals surface area (Å²) in [7, 11) is -0.732. The maximum atomic E-state index is 11.3. The first-order chi connectivity index (χ1) is 8.56. The van der Waals surface area contributed by atoms with Crippen LogP contribution in [0.25, 0.3) is 0 Å². The second-order valence-electron chi connectivity index (χ2n) is 5.07. The fraction of sp³-hybridized carbons (Fsp3) is 0.571. The SMILES string of the molecule is CC(CNC1CCc2cc(Br)ccc2C1)S(C)=O. The van der Waals surface area contributed by atoms with Crippen molar-refractivity contribution in [1.82, 2.24) is 5.32 Å². The molecule has 0 radical (unpaired) electrons. The van der Waals surface area contributed by atoms with Gasteiger partial charge in [-0.2, -0.15) is 0 Å². The van der Waals surface area contributed by atoms with Crippen LogP contribution in [-0.2, 0) is 23.6 Å². The zero-order valence-electron chi connectivity index (χ0n) is 10.9. The molecule has 4 heteroatoms. The molecular formula is C14H20BrNOS. The van der Waals surface area contributed by atoms with Gasteiger partial charge >= 0.3 is 0 Å². The number of aryl methyl sites for hydroxylation is 1. The quantitative estimate of drug-likeness (QED) is 0.920. The Morgan fingerprint density at radius 2 is 2.28 bits per heavy atom. The number of benzene rings is 1. The van der Waals surface area contributed by atoms with Crippen molar-refractivity contribution >= 4 is 26.7 Å². The van der Waals surface area contributed by atoms with E-state index in [4.69, 9.17) is 0 Å². The van der Waals surface area contributed by atoms with E-state index in [0.717, 1.165) is 19.4 Å². The van der Waals surface area contributed by atoms with Crippen molar-refractivity contribution in [3.05, 3.63) is 33.8 Å².